The average molecular weight is 259 g/mol. The molecule has 0 spiro atoms. The van der Waals surface area contributed by atoms with Crippen LogP contribution in [0.1, 0.15) is 31.4 Å². The highest BCUT2D eigenvalue weighted by atomic mass is 19.4. The second kappa shape index (κ2) is 5.18. The summed E-state index contributed by atoms with van der Waals surface area (Å²) >= 11 is 0. The van der Waals surface area contributed by atoms with Crippen LogP contribution in [0.4, 0.5) is 13.2 Å². The molecule has 0 aliphatic heterocycles. The van der Waals surface area contributed by atoms with Crippen molar-refractivity contribution in [1.82, 2.24) is 5.32 Å². The Hall–Kier alpha value is -1.23. The molecule has 0 heterocycles. The molecule has 1 unspecified atom stereocenters. The van der Waals surface area contributed by atoms with Gasteiger partial charge in [0.1, 0.15) is 11.8 Å². The maximum Gasteiger partial charge on any atom is 0.407 e. The third-order valence-corrected chi connectivity index (χ3v) is 2.75. The van der Waals surface area contributed by atoms with Crippen molar-refractivity contribution in [3.8, 4) is 5.75 Å². The fourth-order valence-electron chi connectivity index (χ4n) is 1.77. The van der Waals surface area contributed by atoms with Crippen molar-refractivity contribution in [2.75, 3.05) is 6.54 Å². The maximum atomic E-state index is 12.9. The smallest absolute Gasteiger partial charge is 0.407 e. The molecule has 1 aromatic rings. The molecule has 1 saturated carbocycles. The van der Waals surface area contributed by atoms with Crippen LogP contribution in [-0.2, 0) is 0 Å². The fraction of sp³-hybridized carbons (Fsp3) is 0.538. The third-order valence-electron chi connectivity index (χ3n) is 2.75. The van der Waals surface area contributed by atoms with Crippen molar-refractivity contribution < 1.29 is 17.9 Å². The van der Waals surface area contributed by atoms with E-state index >= 15 is 0 Å². The first-order valence-corrected chi connectivity index (χ1v) is 6.07. The van der Waals surface area contributed by atoms with Crippen molar-refractivity contribution in [2.24, 2.45) is 0 Å². The molecule has 1 fully saturated rings. The van der Waals surface area contributed by atoms with Gasteiger partial charge in [-0.2, -0.15) is 13.2 Å². The van der Waals surface area contributed by atoms with Crippen molar-refractivity contribution >= 4 is 0 Å². The first-order valence-electron chi connectivity index (χ1n) is 6.07. The molecule has 0 aromatic heterocycles. The van der Waals surface area contributed by atoms with Crippen LogP contribution in [0.15, 0.2) is 24.3 Å². The van der Waals surface area contributed by atoms with E-state index in [4.69, 9.17) is 4.74 Å². The van der Waals surface area contributed by atoms with E-state index < -0.39 is 12.2 Å². The number of hydrogen-bond acceptors (Lipinski definition) is 2. The van der Waals surface area contributed by atoms with Crippen LogP contribution in [0.2, 0.25) is 0 Å². The minimum atomic E-state index is -4.30. The van der Waals surface area contributed by atoms with Gasteiger partial charge in [-0.25, -0.2) is 0 Å². The molecule has 5 heteroatoms. The lowest BCUT2D eigenvalue weighted by molar-refractivity contribution is -0.157. The van der Waals surface area contributed by atoms with Crippen LogP contribution in [0.5, 0.6) is 5.75 Å². The van der Waals surface area contributed by atoms with Crippen molar-refractivity contribution in [3.63, 3.8) is 0 Å². The molecule has 1 aliphatic rings. The summed E-state index contributed by atoms with van der Waals surface area (Å²) < 4.78 is 44.2. The van der Waals surface area contributed by atoms with E-state index in [0.29, 0.717) is 5.75 Å². The lowest BCUT2D eigenvalue weighted by Crippen LogP contribution is -2.34. The van der Waals surface area contributed by atoms with E-state index in [1.54, 1.807) is 19.1 Å². The first kappa shape index (κ1) is 13.2. The van der Waals surface area contributed by atoms with E-state index in [1.807, 2.05) is 0 Å². The van der Waals surface area contributed by atoms with Crippen LogP contribution in [0, 0.1) is 0 Å². The number of nitrogens with one attached hydrogen (secondary N) is 1. The minimum absolute atomic E-state index is 0.184. The van der Waals surface area contributed by atoms with Gasteiger partial charge < -0.3 is 10.1 Å². The largest absolute Gasteiger partial charge is 0.490 e. The standard InChI is InChI=1S/C13H16F3NO/c1-2-17-12(13(14,15)16)9-4-3-5-11(8-9)18-10-6-7-10/h3-5,8,10,12,17H,2,6-7H2,1H3. The van der Waals surface area contributed by atoms with Gasteiger partial charge in [0.05, 0.1) is 6.10 Å². The number of hydrogen-bond donors (Lipinski definition) is 1. The van der Waals surface area contributed by atoms with Gasteiger partial charge in [0, 0.05) is 0 Å². The summed E-state index contributed by atoms with van der Waals surface area (Å²) in [4.78, 5) is 0. The molecule has 1 aromatic carbocycles. The predicted molar refractivity (Wildman–Crippen MR) is 62.6 cm³/mol. The van der Waals surface area contributed by atoms with Gasteiger partial charge in [-0.1, -0.05) is 19.1 Å². The Morgan fingerprint density at radius 2 is 2.11 bits per heavy atom. The summed E-state index contributed by atoms with van der Waals surface area (Å²) in [6.45, 7) is 1.92. The molecule has 1 N–H and O–H groups in total. The molecule has 0 amide bonds. The SMILES string of the molecule is CCNC(c1cccc(OC2CC2)c1)C(F)(F)F. The minimum Gasteiger partial charge on any atom is -0.490 e. The lowest BCUT2D eigenvalue weighted by atomic mass is 10.1. The molecule has 1 atom stereocenters. The van der Waals surface area contributed by atoms with E-state index in [0.717, 1.165) is 12.8 Å². The Morgan fingerprint density at radius 1 is 1.39 bits per heavy atom. The highest BCUT2D eigenvalue weighted by molar-refractivity contribution is 5.31. The highest BCUT2D eigenvalue weighted by Crippen LogP contribution is 2.35. The molecule has 2 rings (SSSR count). The molecule has 100 valence electrons. The zero-order chi connectivity index (χ0) is 13.2. The molecule has 18 heavy (non-hydrogen) atoms. The highest BCUT2D eigenvalue weighted by Gasteiger charge is 2.40. The Kier molecular flexibility index (Phi) is 3.80. The fourth-order valence-corrected chi connectivity index (χ4v) is 1.77. The zero-order valence-corrected chi connectivity index (χ0v) is 10.1. The Labute approximate surface area is 104 Å². The van der Waals surface area contributed by atoms with Crippen LogP contribution in [0.25, 0.3) is 0 Å². The molecule has 0 bridgehead atoms. The maximum absolute atomic E-state index is 12.9. The Morgan fingerprint density at radius 3 is 2.67 bits per heavy atom. The summed E-state index contributed by atoms with van der Waals surface area (Å²) in [6.07, 6.45) is -2.14. The van der Waals surface area contributed by atoms with E-state index in [1.165, 1.54) is 12.1 Å². The molecule has 0 saturated heterocycles. The first-order chi connectivity index (χ1) is 8.50. The molecular formula is C13H16F3NO. The summed E-state index contributed by atoms with van der Waals surface area (Å²) in [5.41, 5.74) is 0.197. The molecule has 2 nitrogen and oxygen atoms in total. The van der Waals surface area contributed by atoms with Gasteiger partial charge in [0.25, 0.3) is 0 Å². The van der Waals surface area contributed by atoms with E-state index in [2.05, 4.69) is 5.32 Å². The van der Waals surface area contributed by atoms with Crippen molar-refractivity contribution in [1.29, 1.82) is 0 Å². The molecule has 1 aliphatic carbocycles. The second-order valence-electron chi connectivity index (χ2n) is 4.42. The number of alkyl halides is 3. The number of halogens is 3. The number of rotatable bonds is 5. The summed E-state index contributed by atoms with van der Waals surface area (Å²) in [5, 5.41) is 2.45. The topological polar surface area (TPSA) is 21.3 Å². The van der Waals surface area contributed by atoms with Gasteiger partial charge >= 0.3 is 6.18 Å². The van der Waals surface area contributed by atoms with Crippen LogP contribution in [0.3, 0.4) is 0 Å². The predicted octanol–water partition coefficient (Wildman–Crippen LogP) is 3.44. The van der Waals surface area contributed by atoms with Gasteiger partial charge in [-0.3, -0.25) is 0 Å². The summed E-state index contributed by atoms with van der Waals surface area (Å²) in [6, 6.07) is 4.61. The summed E-state index contributed by atoms with van der Waals surface area (Å²) in [7, 11) is 0. The average Bonchev–Trinajstić information content (AvgIpc) is 3.08. The van der Waals surface area contributed by atoms with Crippen molar-refractivity contribution in [3.05, 3.63) is 29.8 Å². The van der Waals surface area contributed by atoms with E-state index in [-0.39, 0.29) is 18.2 Å². The number of ether oxygens (including phenoxy) is 1. The monoisotopic (exact) mass is 259 g/mol. The second-order valence-corrected chi connectivity index (χ2v) is 4.42. The molecular weight excluding hydrogens is 243 g/mol. The summed E-state index contributed by atoms with van der Waals surface area (Å²) in [5.74, 6) is 0.516. The zero-order valence-electron chi connectivity index (χ0n) is 10.1. The third kappa shape index (κ3) is 3.38. The normalized spacial score (nSPS) is 17.6. The van der Waals surface area contributed by atoms with Gasteiger partial charge in [-0.15, -0.1) is 0 Å². The van der Waals surface area contributed by atoms with Crippen LogP contribution in [-0.4, -0.2) is 18.8 Å². The molecule has 0 radical (unpaired) electrons. The Bertz CT molecular complexity index is 401. The van der Waals surface area contributed by atoms with Gasteiger partial charge in [-0.05, 0) is 37.1 Å². The lowest BCUT2D eigenvalue weighted by Gasteiger charge is -2.21. The van der Waals surface area contributed by atoms with Gasteiger partial charge in [0.15, 0.2) is 0 Å². The number of benzene rings is 1. The Balaban J connectivity index is 2.17. The van der Waals surface area contributed by atoms with E-state index in [9.17, 15) is 13.2 Å². The van der Waals surface area contributed by atoms with Crippen molar-refractivity contribution in [2.45, 2.75) is 38.1 Å². The van der Waals surface area contributed by atoms with Crippen LogP contribution >= 0.6 is 0 Å². The quantitative estimate of drug-likeness (QED) is 0.874. The van der Waals surface area contributed by atoms with Crippen LogP contribution < -0.4 is 10.1 Å². The van der Waals surface area contributed by atoms with Gasteiger partial charge in [0.2, 0.25) is 0 Å².